The number of nitrogens with zero attached hydrogens (tertiary/aromatic N) is 1. The van der Waals surface area contributed by atoms with E-state index in [1.54, 1.807) is 12.3 Å². The molecule has 1 atom stereocenters. The van der Waals surface area contributed by atoms with Crippen LogP contribution in [0.15, 0.2) is 29.0 Å². The lowest BCUT2D eigenvalue weighted by molar-refractivity contribution is 0.0931. The summed E-state index contributed by atoms with van der Waals surface area (Å²) in [4.78, 5) is 16.6. The minimum absolute atomic E-state index is 0.0265. The Balaban J connectivity index is 1.73. The van der Waals surface area contributed by atoms with E-state index in [4.69, 9.17) is 20.8 Å². The molecule has 0 bridgehead atoms. The van der Waals surface area contributed by atoms with Crippen molar-refractivity contribution in [3.63, 3.8) is 0 Å². The van der Waals surface area contributed by atoms with Gasteiger partial charge < -0.3 is 14.5 Å². The van der Waals surface area contributed by atoms with Gasteiger partial charge in [-0.2, -0.15) is 0 Å². The maximum absolute atomic E-state index is 12.4. The zero-order valence-corrected chi connectivity index (χ0v) is 13.9. The number of amides is 1. The number of rotatable bonds is 4. The van der Waals surface area contributed by atoms with E-state index >= 15 is 0 Å². The molecule has 23 heavy (non-hydrogen) atoms. The first-order valence-electron chi connectivity index (χ1n) is 7.74. The van der Waals surface area contributed by atoms with Gasteiger partial charge in [0.25, 0.3) is 5.91 Å². The molecule has 1 aliphatic rings. The van der Waals surface area contributed by atoms with Crippen LogP contribution in [0.2, 0.25) is 5.02 Å². The first kappa shape index (κ1) is 15.9. The Kier molecular flexibility index (Phi) is 4.57. The Morgan fingerprint density at radius 1 is 1.52 bits per heavy atom. The van der Waals surface area contributed by atoms with Crippen molar-refractivity contribution in [2.45, 2.75) is 45.3 Å². The highest BCUT2D eigenvalue weighted by Gasteiger charge is 2.24. The Labute approximate surface area is 140 Å². The highest BCUT2D eigenvalue weighted by Crippen LogP contribution is 2.31. The molecule has 1 amide bonds. The van der Waals surface area contributed by atoms with Crippen molar-refractivity contribution in [1.82, 2.24) is 10.3 Å². The minimum Gasteiger partial charge on any atom is -0.474 e. The molecule has 3 rings (SSSR count). The smallest absolute Gasteiger partial charge is 0.253 e. The van der Waals surface area contributed by atoms with Crippen molar-refractivity contribution in [3.8, 4) is 5.88 Å². The minimum atomic E-state index is -0.199. The van der Waals surface area contributed by atoms with Crippen LogP contribution >= 0.6 is 11.6 Å². The highest BCUT2D eigenvalue weighted by molar-refractivity contribution is 6.32. The fourth-order valence-electron chi connectivity index (χ4n) is 2.74. The third kappa shape index (κ3) is 3.50. The van der Waals surface area contributed by atoms with Crippen molar-refractivity contribution in [1.29, 1.82) is 0 Å². The van der Waals surface area contributed by atoms with Gasteiger partial charge in [-0.25, -0.2) is 4.98 Å². The monoisotopic (exact) mass is 334 g/mol. The second-order valence-corrected chi connectivity index (χ2v) is 6.30. The molecule has 0 spiro atoms. The number of halogens is 1. The molecule has 1 aliphatic carbocycles. The predicted octanol–water partition coefficient (Wildman–Crippen LogP) is 3.92. The molecule has 2 heterocycles. The van der Waals surface area contributed by atoms with Gasteiger partial charge in [-0.15, -0.1) is 0 Å². The van der Waals surface area contributed by atoms with Crippen molar-refractivity contribution in [3.05, 3.63) is 46.5 Å². The summed E-state index contributed by atoms with van der Waals surface area (Å²) in [5, 5.41) is 3.36. The average Bonchev–Trinajstić information content (AvgIpc) is 2.98. The standard InChI is InChI=1S/C17H19ClN2O3/c1-10(2)23-17-13(18)8-11(9-19-17)16(21)20-14-4-3-5-15-12(14)6-7-22-15/h6-10,14H,3-5H2,1-2H3,(H,20,21)/t14-/m0/s1. The number of ether oxygens (including phenoxy) is 1. The molecule has 5 nitrogen and oxygen atoms in total. The van der Waals surface area contributed by atoms with Crippen molar-refractivity contribution in [2.75, 3.05) is 0 Å². The first-order valence-corrected chi connectivity index (χ1v) is 8.11. The molecule has 1 N–H and O–H groups in total. The Morgan fingerprint density at radius 2 is 2.35 bits per heavy atom. The number of aromatic nitrogens is 1. The van der Waals surface area contributed by atoms with Crippen LogP contribution in [0.25, 0.3) is 0 Å². The maximum atomic E-state index is 12.4. The molecule has 6 heteroatoms. The zero-order chi connectivity index (χ0) is 16.4. The lowest BCUT2D eigenvalue weighted by Crippen LogP contribution is -2.30. The molecule has 0 aliphatic heterocycles. The van der Waals surface area contributed by atoms with Crippen LogP contribution in [0.3, 0.4) is 0 Å². The van der Waals surface area contributed by atoms with Gasteiger partial charge in [0.15, 0.2) is 0 Å². The zero-order valence-electron chi connectivity index (χ0n) is 13.1. The number of hydrogen-bond acceptors (Lipinski definition) is 4. The van der Waals surface area contributed by atoms with E-state index in [2.05, 4.69) is 10.3 Å². The molecule has 0 fully saturated rings. The maximum Gasteiger partial charge on any atom is 0.253 e. The molecule has 0 saturated carbocycles. The number of hydrogen-bond donors (Lipinski definition) is 1. The third-order valence-electron chi connectivity index (χ3n) is 3.77. The molecule has 0 saturated heterocycles. The topological polar surface area (TPSA) is 64.4 Å². The number of aryl methyl sites for hydroxylation is 1. The summed E-state index contributed by atoms with van der Waals surface area (Å²) in [6.07, 6.45) is 5.94. The van der Waals surface area contributed by atoms with Crippen molar-refractivity contribution >= 4 is 17.5 Å². The molecule has 0 unspecified atom stereocenters. The van der Waals surface area contributed by atoms with Crippen LogP contribution in [0.5, 0.6) is 5.88 Å². The molecule has 2 aromatic rings. The van der Waals surface area contributed by atoms with E-state index < -0.39 is 0 Å². The third-order valence-corrected chi connectivity index (χ3v) is 4.04. The SMILES string of the molecule is CC(C)Oc1ncc(C(=O)N[C@H]2CCCc3occc32)cc1Cl. The van der Waals surface area contributed by atoms with Crippen molar-refractivity contribution in [2.24, 2.45) is 0 Å². The summed E-state index contributed by atoms with van der Waals surface area (Å²) in [5.74, 6) is 1.10. The number of carbonyl (C=O) groups excluding carboxylic acids is 1. The van der Waals surface area contributed by atoms with Crippen LogP contribution in [0.4, 0.5) is 0 Å². The van der Waals surface area contributed by atoms with Crippen LogP contribution in [-0.4, -0.2) is 17.0 Å². The van der Waals surface area contributed by atoms with Gasteiger partial charge >= 0.3 is 0 Å². The average molecular weight is 335 g/mol. The fourth-order valence-corrected chi connectivity index (χ4v) is 2.95. The summed E-state index contributed by atoms with van der Waals surface area (Å²) in [5.41, 5.74) is 1.48. The Morgan fingerprint density at radius 3 is 3.09 bits per heavy atom. The number of carbonyl (C=O) groups is 1. The second-order valence-electron chi connectivity index (χ2n) is 5.89. The fraction of sp³-hybridized carbons (Fsp3) is 0.412. The molecule has 0 radical (unpaired) electrons. The van der Waals surface area contributed by atoms with E-state index in [9.17, 15) is 4.79 Å². The molecular formula is C17H19ClN2O3. The lowest BCUT2D eigenvalue weighted by Gasteiger charge is -2.22. The summed E-state index contributed by atoms with van der Waals surface area (Å²) >= 11 is 6.14. The van der Waals surface area contributed by atoms with E-state index in [0.29, 0.717) is 16.5 Å². The first-order chi connectivity index (χ1) is 11.0. The van der Waals surface area contributed by atoms with Crippen LogP contribution in [0.1, 0.15) is 54.4 Å². The van der Waals surface area contributed by atoms with Gasteiger partial charge in [-0.3, -0.25) is 4.79 Å². The van der Waals surface area contributed by atoms with Gasteiger partial charge in [0, 0.05) is 18.2 Å². The van der Waals surface area contributed by atoms with Gasteiger partial charge in [-0.1, -0.05) is 11.6 Å². The predicted molar refractivity (Wildman–Crippen MR) is 86.9 cm³/mol. The molecule has 0 aromatic carbocycles. The van der Waals surface area contributed by atoms with Crippen LogP contribution in [-0.2, 0) is 6.42 Å². The normalized spacial score (nSPS) is 17.0. The number of nitrogens with one attached hydrogen (secondary N) is 1. The van der Waals surface area contributed by atoms with Gasteiger partial charge in [0.1, 0.15) is 10.8 Å². The lowest BCUT2D eigenvalue weighted by atomic mass is 9.93. The largest absolute Gasteiger partial charge is 0.474 e. The molecule has 2 aromatic heterocycles. The number of pyridine rings is 1. The number of furan rings is 1. The van der Waals surface area contributed by atoms with Crippen molar-refractivity contribution < 1.29 is 13.9 Å². The summed E-state index contributed by atoms with van der Waals surface area (Å²) in [6, 6.07) is 3.47. The van der Waals surface area contributed by atoms with E-state index in [0.717, 1.165) is 30.6 Å². The molecular weight excluding hydrogens is 316 g/mol. The van der Waals surface area contributed by atoms with Crippen LogP contribution < -0.4 is 10.1 Å². The summed E-state index contributed by atoms with van der Waals surface area (Å²) < 4.78 is 10.9. The number of fused-ring (bicyclic) bond motifs is 1. The van der Waals surface area contributed by atoms with Crippen LogP contribution in [0, 0.1) is 0 Å². The van der Waals surface area contributed by atoms with E-state index in [-0.39, 0.29) is 18.1 Å². The van der Waals surface area contributed by atoms with Gasteiger partial charge in [0.05, 0.1) is 24.0 Å². The quantitative estimate of drug-likeness (QED) is 0.920. The Hall–Kier alpha value is -2.01. The highest BCUT2D eigenvalue weighted by atomic mass is 35.5. The second kappa shape index (κ2) is 6.62. The summed E-state index contributed by atoms with van der Waals surface area (Å²) in [7, 11) is 0. The van der Waals surface area contributed by atoms with E-state index in [1.165, 1.54) is 6.20 Å². The Bertz CT molecular complexity index is 712. The van der Waals surface area contributed by atoms with Gasteiger partial charge in [0.2, 0.25) is 5.88 Å². The molecule has 122 valence electrons. The summed E-state index contributed by atoms with van der Waals surface area (Å²) in [6.45, 7) is 3.79. The van der Waals surface area contributed by atoms with Gasteiger partial charge in [-0.05, 0) is 38.8 Å². The van der Waals surface area contributed by atoms with E-state index in [1.807, 2.05) is 19.9 Å².